The average Bonchev–Trinajstić information content (AvgIpc) is 3.49. The summed E-state index contributed by atoms with van der Waals surface area (Å²) < 4.78 is 81.2. The van der Waals surface area contributed by atoms with Crippen molar-refractivity contribution in [2.45, 2.75) is 24.7 Å². The molecule has 0 radical (unpaired) electrons. The van der Waals surface area contributed by atoms with E-state index in [1.54, 1.807) is 6.20 Å². The van der Waals surface area contributed by atoms with E-state index < -0.39 is 24.3 Å². The minimum Gasteiger partial charge on any atom is -0.492 e. The number of aromatic nitrogens is 4. The summed E-state index contributed by atoms with van der Waals surface area (Å²) in [6.45, 7) is 5.60. The number of benzene rings is 2. The molecule has 2 aromatic carbocycles. The zero-order valence-corrected chi connectivity index (χ0v) is 25.4. The van der Waals surface area contributed by atoms with Crippen LogP contribution in [0.3, 0.4) is 0 Å². The van der Waals surface area contributed by atoms with E-state index in [4.69, 9.17) is 44.7 Å². The Hall–Kier alpha value is -5.17. The van der Waals surface area contributed by atoms with Gasteiger partial charge in [0.1, 0.15) is 23.9 Å². The summed E-state index contributed by atoms with van der Waals surface area (Å²) >= 11 is 0. The van der Waals surface area contributed by atoms with Crippen molar-refractivity contribution in [1.82, 2.24) is 24.8 Å². The number of halogens is 6. The number of carbonyl (C=O) groups is 2. The zero-order valence-electron chi connectivity index (χ0n) is 25.4. The fourth-order valence-corrected chi connectivity index (χ4v) is 4.71. The van der Waals surface area contributed by atoms with Gasteiger partial charge in [0, 0.05) is 37.0 Å². The van der Waals surface area contributed by atoms with Crippen LogP contribution in [0.5, 0.6) is 11.5 Å². The van der Waals surface area contributed by atoms with Gasteiger partial charge in [0.15, 0.2) is 0 Å². The molecule has 0 bridgehead atoms. The lowest BCUT2D eigenvalue weighted by Crippen LogP contribution is -2.38. The molecular weight excluding hydrogens is 670 g/mol. The molecule has 0 amide bonds. The van der Waals surface area contributed by atoms with Crippen LogP contribution in [-0.4, -0.2) is 105 Å². The molecule has 0 aliphatic carbocycles. The Morgan fingerprint density at radius 1 is 1.00 bits per heavy atom. The van der Waals surface area contributed by atoms with Gasteiger partial charge in [-0.25, -0.2) is 24.5 Å². The minimum absolute atomic E-state index is 0.108. The molecule has 1 unspecified atom stereocenters. The standard InChI is InChI=1S/C26H28N6O3.2C2HF3O2/c27-26-28-7-6-20(31-26)17-4-5-21-22(15-17)30-25(29-21)18-14-19-23(2-1-3-24(19)35-16-18)34-13-10-32-8-11-33-12-9-32;2*3-2(4,5)1(6)7/h1-7,15,18H,8-14,16H2,(H,29,30)(H2,27,28,31);2*(H,6,7). The van der Waals surface area contributed by atoms with E-state index in [1.807, 2.05) is 42.5 Å². The number of aliphatic carboxylic acids is 2. The second-order valence-electron chi connectivity index (χ2n) is 10.5. The number of aromatic amines is 1. The van der Waals surface area contributed by atoms with Crippen molar-refractivity contribution in [3.63, 3.8) is 0 Å². The number of alkyl halides is 6. The molecule has 2 aliphatic heterocycles. The first kappa shape index (κ1) is 36.7. The molecule has 19 heteroatoms. The Kier molecular flexibility index (Phi) is 11.8. The number of nitrogen functional groups attached to an aromatic ring is 1. The molecule has 5 N–H and O–H groups in total. The fourth-order valence-electron chi connectivity index (χ4n) is 4.71. The number of anilines is 1. The highest BCUT2D eigenvalue weighted by molar-refractivity contribution is 5.81. The van der Waals surface area contributed by atoms with Crippen LogP contribution >= 0.6 is 0 Å². The number of carboxylic acids is 2. The first-order valence-corrected chi connectivity index (χ1v) is 14.5. The number of nitrogens with two attached hydrogens (primary N) is 1. The topological polar surface area (TPSA) is 186 Å². The number of hydrogen-bond donors (Lipinski definition) is 4. The fraction of sp³-hybridized carbons (Fsp3) is 0.367. The largest absolute Gasteiger partial charge is 0.492 e. The van der Waals surface area contributed by atoms with Gasteiger partial charge < -0.3 is 35.1 Å². The SMILES string of the molecule is Nc1nccc(-c2ccc3nc(C4COc5cccc(OCCN6CCOCC6)c5C4)[nH]c3c2)n1.O=C(O)C(F)(F)F.O=C(O)C(F)(F)F. The van der Waals surface area contributed by atoms with E-state index >= 15 is 0 Å². The van der Waals surface area contributed by atoms with Crippen molar-refractivity contribution in [2.24, 2.45) is 0 Å². The molecule has 13 nitrogen and oxygen atoms in total. The summed E-state index contributed by atoms with van der Waals surface area (Å²) in [5, 5.41) is 14.2. The van der Waals surface area contributed by atoms with Gasteiger partial charge >= 0.3 is 24.3 Å². The first-order chi connectivity index (χ1) is 23.1. The summed E-state index contributed by atoms with van der Waals surface area (Å²) in [6.07, 6.45) is -7.70. The molecule has 49 heavy (non-hydrogen) atoms. The maximum Gasteiger partial charge on any atom is 0.490 e. The molecule has 1 saturated heterocycles. The van der Waals surface area contributed by atoms with Gasteiger partial charge in [-0.1, -0.05) is 12.1 Å². The molecule has 264 valence electrons. The Morgan fingerprint density at radius 3 is 2.31 bits per heavy atom. The maximum absolute atomic E-state index is 10.6. The molecule has 4 heterocycles. The molecule has 1 atom stereocenters. The van der Waals surface area contributed by atoms with E-state index in [-0.39, 0.29) is 11.9 Å². The Balaban J connectivity index is 0.000000327. The lowest BCUT2D eigenvalue weighted by Gasteiger charge is -2.28. The number of carboxylic acid groups (broad SMARTS) is 2. The van der Waals surface area contributed by atoms with Crippen molar-refractivity contribution in [1.29, 1.82) is 0 Å². The van der Waals surface area contributed by atoms with Gasteiger partial charge in [0.25, 0.3) is 0 Å². The monoisotopic (exact) mass is 700 g/mol. The minimum atomic E-state index is -5.08. The highest BCUT2D eigenvalue weighted by Gasteiger charge is 2.39. The van der Waals surface area contributed by atoms with E-state index in [9.17, 15) is 26.3 Å². The highest BCUT2D eigenvalue weighted by Crippen LogP contribution is 2.38. The number of hydrogen-bond acceptors (Lipinski definition) is 10. The lowest BCUT2D eigenvalue weighted by atomic mass is 9.95. The molecular formula is C30H30F6N6O7. The lowest BCUT2D eigenvalue weighted by molar-refractivity contribution is -0.193. The van der Waals surface area contributed by atoms with Crippen LogP contribution in [0.25, 0.3) is 22.3 Å². The van der Waals surface area contributed by atoms with E-state index in [0.717, 1.165) is 84.4 Å². The first-order valence-electron chi connectivity index (χ1n) is 14.5. The van der Waals surface area contributed by atoms with Crippen LogP contribution < -0.4 is 15.2 Å². The van der Waals surface area contributed by atoms with Crippen LogP contribution in [0.15, 0.2) is 48.7 Å². The van der Waals surface area contributed by atoms with Crippen molar-refractivity contribution < 1.29 is 60.4 Å². The predicted octanol–water partition coefficient (Wildman–Crippen LogP) is 4.30. The summed E-state index contributed by atoms with van der Waals surface area (Å²) in [7, 11) is 0. The summed E-state index contributed by atoms with van der Waals surface area (Å²) in [6, 6.07) is 13.9. The third-order valence-electron chi connectivity index (χ3n) is 7.09. The normalized spacial score (nSPS) is 16.2. The van der Waals surface area contributed by atoms with Crippen LogP contribution in [0.2, 0.25) is 0 Å². The molecule has 2 aliphatic rings. The number of morpholine rings is 1. The third-order valence-corrected chi connectivity index (χ3v) is 7.09. The molecule has 0 saturated carbocycles. The molecule has 0 spiro atoms. The number of fused-ring (bicyclic) bond motifs is 2. The molecule has 6 rings (SSSR count). The molecule has 4 aromatic rings. The Bertz CT molecular complexity index is 1720. The van der Waals surface area contributed by atoms with Gasteiger partial charge in [0.2, 0.25) is 5.95 Å². The number of rotatable bonds is 6. The number of ether oxygens (including phenoxy) is 3. The number of nitrogens with one attached hydrogen (secondary N) is 1. The summed E-state index contributed by atoms with van der Waals surface area (Å²) in [5.41, 5.74) is 10.5. The maximum atomic E-state index is 10.6. The molecule has 2 aromatic heterocycles. The van der Waals surface area contributed by atoms with Crippen molar-refractivity contribution in [3.05, 3.63) is 60.0 Å². The van der Waals surface area contributed by atoms with Gasteiger partial charge in [-0.3, -0.25) is 4.90 Å². The van der Waals surface area contributed by atoms with Gasteiger partial charge in [-0.2, -0.15) is 26.3 Å². The van der Waals surface area contributed by atoms with Crippen molar-refractivity contribution in [2.75, 3.05) is 51.8 Å². The number of H-pyrrole nitrogens is 1. The number of imidazole rings is 1. The van der Waals surface area contributed by atoms with Crippen molar-refractivity contribution in [3.8, 4) is 22.8 Å². The Labute approximate surface area is 273 Å². The van der Waals surface area contributed by atoms with Crippen LogP contribution in [0.4, 0.5) is 32.3 Å². The van der Waals surface area contributed by atoms with Gasteiger partial charge in [-0.05, 0) is 36.8 Å². The van der Waals surface area contributed by atoms with Crippen LogP contribution in [-0.2, 0) is 20.7 Å². The zero-order chi connectivity index (χ0) is 35.8. The quantitative estimate of drug-likeness (QED) is 0.209. The second-order valence-corrected chi connectivity index (χ2v) is 10.5. The van der Waals surface area contributed by atoms with Crippen molar-refractivity contribution >= 4 is 28.9 Å². The number of nitrogens with zero attached hydrogens (tertiary/aromatic N) is 4. The second kappa shape index (κ2) is 15.8. The Morgan fingerprint density at radius 2 is 1.67 bits per heavy atom. The average molecular weight is 701 g/mol. The van der Waals surface area contributed by atoms with E-state index in [2.05, 4.69) is 19.9 Å². The van der Waals surface area contributed by atoms with Gasteiger partial charge in [-0.15, -0.1) is 0 Å². The molecule has 1 fully saturated rings. The summed E-state index contributed by atoms with van der Waals surface area (Å²) in [4.78, 5) is 36.8. The third kappa shape index (κ3) is 10.4. The summed E-state index contributed by atoms with van der Waals surface area (Å²) in [5.74, 6) is -2.45. The van der Waals surface area contributed by atoms with E-state index in [0.29, 0.717) is 13.2 Å². The highest BCUT2D eigenvalue weighted by atomic mass is 19.4. The van der Waals surface area contributed by atoms with Crippen LogP contribution in [0.1, 0.15) is 17.3 Å². The smallest absolute Gasteiger partial charge is 0.490 e. The van der Waals surface area contributed by atoms with Gasteiger partial charge in [0.05, 0.1) is 42.5 Å². The van der Waals surface area contributed by atoms with Crippen LogP contribution in [0, 0.1) is 0 Å². The predicted molar refractivity (Wildman–Crippen MR) is 160 cm³/mol. The van der Waals surface area contributed by atoms with E-state index in [1.165, 1.54) is 0 Å².